The fraction of sp³-hybridized carbons (Fsp3) is 0.0714. The quantitative estimate of drug-likeness (QED) is 0.152. The number of carbonyl (C=O) groups excluding carboxylic acids is 2. The van der Waals surface area contributed by atoms with Gasteiger partial charge in [0, 0.05) is 11.3 Å². The number of amides is 1. The van der Waals surface area contributed by atoms with Gasteiger partial charge in [0.1, 0.15) is 11.6 Å². The van der Waals surface area contributed by atoms with Crippen LogP contribution >= 0.6 is 0 Å². The second-order valence-corrected chi connectivity index (χ2v) is 8.33. The lowest BCUT2D eigenvalue weighted by molar-refractivity contribution is -0.137. The maximum atomic E-state index is 13.7. The van der Waals surface area contributed by atoms with Gasteiger partial charge in [-0.25, -0.2) is 4.39 Å². The van der Waals surface area contributed by atoms with Crippen molar-refractivity contribution in [3.63, 3.8) is 0 Å². The van der Waals surface area contributed by atoms with Crippen molar-refractivity contribution in [2.24, 2.45) is 0 Å². The molecule has 4 aromatic rings. The third-order valence-corrected chi connectivity index (χ3v) is 6.13. The van der Waals surface area contributed by atoms with Gasteiger partial charge in [0.05, 0.1) is 17.2 Å². The highest BCUT2D eigenvalue weighted by Crippen LogP contribution is 2.43. The molecule has 1 amide bonds. The first-order valence-electron chi connectivity index (χ1n) is 10.9. The SMILES string of the molecule is O=C1C(=O)N(c2ccc(C(F)(F)F)cc2)C(c2ccc(F)cc2)/C1=C(/O)c1ccc2ccccc2c1. The molecular weight excluding hydrogens is 474 g/mol. The number of rotatable bonds is 3. The molecule has 1 heterocycles. The third kappa shape index (κ3) is 4.00. The Labute approximate surface area is 202 Å². The molecule has 4 aromatic carbocycles. The topological polar surface area (TPSA) is 57.6 Å². The molecule has 1 fully saturated rings. The lowest BCUT2D eigenvalue weighted by atomic mass is 9.94. The van der Waals surface area contributed by atoms with Gasteiger partial charge in [0.15, 0.2) is 0 Å². The molecule has 0 bridgehead atoms. The van der Waals surface area contributed by atoms with Gasteiger partial charge in [-0.15, -0.1) is 0 Å². The molecule has 8 heteroatoms. The average Bonchev–Trinajstić information content (AvgIpc) is 3.13. The summed E-state index contributed by atoms with van der Waals surface area (Å²) in [5.41, 5.74) is -0.555. The number of aliphatic hydroxyl groups excluding tert-OH is 1. The Bertz CT molecular complexity index is 1520. The number of aliphatic hydroxyl groups is 1. The van der Waals surface area contributed by atoms with Crippen LogP contribution in [0.1, 0.15) is 22.7 Å². The predicted molar refractivity (Wildman–Crippen MR) is 127 cm³/mol. The lowest BCUT2D eigenvalue weighted by Crippen LogP contribution is -2.29. The Kier molecular flexibility index (Phi) is 5.59. The van der Waals surface area contributed by atoms with Crippen molar-refractivity contribution in [1.29, 1.82) is 0 Å². The molecule has 5 rings (SSSR count). The van der Waals surface area contributed by atoms with Crippen LogP contribution in [0.4, 0.5) is 23.2 Å². The van der Waals surface area contributed by atoms with E-state index in [9.17, 15) is 32.3 Å². The molecule has 0 saturated carbocycles. The van der Waals surface area contributed by atoms with E-state index in [2.05, 4.69) is 0 Å². The number of hydrogen-bond acceptors (Lipinski definition) is 3. The van der Waals surface area contributed by atoms with Crippen molar-refractivity contribution in [3.8, 4) is 0 Å². The molecule has 1 aliphatic heterocycles. The summed E-state index contributed by atoms with van der Waals surface area (Å²) in [6.45, 7) is 0. The number of benzene rings is 4. The van der Waals surface area contributed by atoms with Gasteiger partial charge < -0.3 is 5.11 Å². The van der Waals surface area contributed by atoms with E-state index in [0.29, 0.717) is 5.56 Å². The fourth-order valence-electron chi connectivity index (χ4n) is 4.36. The summed E-state index contributed by atoms with van der Waals surface area (Å²) in [4.78, 5) is 27.3. The summed E-state index contributed by atoms with van der Waals surface area (Å²) in [6, 6.07) is 20.0. The molecule has 1 atom stereocenters. The van der Waals surface area contributed by atoms with E-state index in [0.717, 1.165) is 52.1 Å². The summed E-state index contributed by atoms with van der Waals surface area (Å²) in [5.74, 6) is -3.02. The Morgan fingerprint density at radius 3 is 2.08 bits per heavy atom. The average molecular weight is 491 g/mol. The molecule has 1 saturated heterocycles. The van der Waals surface area contributed by atoms with Crippen LogP contribution in [-0.4, -0.2) is 16.8 Å². The number of alkyl halides is 3. The van der Waals surface area contributed by atoms with Gasteiger partial charge >= 0.3 is 6.18 Å². The Morgan fingerprint density at radius 1 is 0.806 bits per heavy atom. The first-order valence-corrected chi connectivity index (χ1v) is 10.9. The van der Waals surface area contributed by atoms with Crippen molar-refractivity contribution in [2.45, 2.75) is 12.2 Å². The molecule has 4 nitrogen and oxygen atoms in total. The van der Waals surface area contributed by atoms with Crippen LogP contribution in [-0.2, 0) is 15.8 Å². The minimum atomic E-state index is -4.58. The van der Waals surface area contributed by atoms with Gasteiger partial charge in [-0.2, -0.15) is 13.2 Å². The highest BCUT2D eigenvalue weighted by atomic mass is 19.4. The molecular formula is C28H17F4NO3. The van der Waals surface area contributed by atoms with Crippen LogP contribution in [0.25, 0.3) is 16.5 Å². The molecule has 1 unspecified atom stereocenters. The van der Waals surface area contributed by atoms with Crippen LogP contribution in [0.5, 0.6) is 0 Å². The second kappa shape index (κ2) is 8.64. The van der Waals surface area contributed by atoms with Crippen LogP contribution in [0, 0.1) is 5.82 Å². The van der Waals surface area contributed by atoms with Crippen molar-refractivity contribution in [2.75, 3.05) is 4.90 Å². The summed E-state index contributed by atoms with van der Waals surface area (Å²) < 4.78 is 52.9. The predicted octanol–water partition coefficient (Wildman–Crippen LogP) is 6.62. The van der Waals surface area contributed by atoms with E-state index in [1.807, 2.05) is 24.3 Å². The Morgan fingerprint density at radius 2 is 1.44 bits per heavy atom. The van der Waals surface area contributed by atoms with Crippen molar-refractivity contribution < 1.29 is 32.3 Å². The van der Waals surface area contributed by atoms with E-state index >= 15 is 0 Å². The lowest BCUT2D eigenvalue weighted by Gasteiger charge is -2.25. The monoisotopic (exact) mass is 491 g/mol. The van der Waals surface area contributed by atoms with Crippen molar-refractivity contribution in [3.05, 3.63) is 119 Å². The van der Waals surface area contributed by atoms with E-state index in [1.54, 1.807) is 18.2 Å². The van der Waals surface area contributed by atoms with Crippen molar-refractivity contribution in [1.82, 2.24) is 0 Å². The van der Waals surface area contributed by atoms with Crippen LogP contribution in [0.2, 0.25) is 0 Å². The summed E-state index contributed by atoms with van der Waals surface area (Å²) in [6.07, 6.45) is -4.58. The molecule has 0 aliphatic carbocycles. The zero-order valence-corrected chi connectivity index (χ0v) is 18.5. The number of halogens is 4. The normalized spacial score (nSPS) is 17.7. The zero-order valence-electron chi connectivity index (χ0n) is 18.5. The molecule has 180 valence electrons. The first-order chi connectivity index (χ1) is 17.1. The van der Waals surface area contributed by atoms with Crippen molar-refractivity contribution >= 4 is 33.9 Å². The van der Waals surface area contributed by atoms with Gasteiger partial charge in [-0.05, 0) is 58.8 Å². The molecule has 1 aliphatic rings. The zero-order chi connectivity index (χ0) is 25.6. The van der Waals surface area contributed by atoms with Gasteiger partial charge in [0.25, 0.3) is 11.7 Å². The molecule has 0 aromatic heterocycles. The van der Waals surface area contributed by atoms with E-state index in [4.69, 9.17) is 0 Å². The number of Topliss-reactive ketones (excluding diaryl/α,β-unsaturated/α-hetero) is 1. The number of anilines is 1. The van der Waals surface area contributed by atoms with E-state index in [1.165, 1.54) is 12.1 Å². The minimum absolute atomic E-state index is 0.0250. The van der Waals surface area contributed by atoms with Gasteiger partial charge in [-0.3, -0.25) is 14.5 Å². The largest absolute Gasteiger partial charge is 0.507 e. The van der Waals surface area contributed by atoms with E-state index in [-0.39, 0.29) is 16.8 Å². The van der Waals surface area contributed by atoms with Crippen LogP contribution in [0.3, 0.4) is 0 Å². The molecule has 0 spiro atoms. The van der Waals surface area contributed by atoms with E-state index < -0.39 is 41.0 Å². The number of ketones is 1. The summed E-state index contributed by atoms with van der Waals surface area (Å²) >= 11 is 0. The molecule has 0 radical (unpaired) electrons. The Hall–Kier alpha value is -4.46. The summed E-state index contributed by atoms with van der Waals surface area (Å²) in [5, 5.41) is 12.9. The smallest absolute Gasteiger partial charge is 0.416 e. The number of carbonyl (C=O) groups is 2. The van der Waals surface area contributed by atoms with Crippen LogP contribution < -0.4 is 4.90 Å². The number of nitrogens with zero attached hydrogens (tertiary/aromatic N) is 1. The molecule has 1 N–H and O–H groups in total. The maximum absolute atomic E-state index is 13.7. The Balaban J connectivity index is 1.69. The second-order valence-electron chi connectivity index (χ2n) is 8.33. The molecule has 36 heavy (non-hydrogen) atoms. The summed E-state index contributed by atoms with van der Waals surface area (Å²) in [7, 11) is 0. The highest BCUT2D eigenvalue weighted by Gasteiger charge is 2.47. The number of fused-ring (bicyclic) bond motifs is 1. The minimum Gasteiger partial charge on any atom is -0.507 e. The highest BCUT2D eigenvalue weighted by molar-refractivity contribution is 6.51. The number of hydrogen-bond donors (Lipinski definition) is 1. The maximum Gasteiger partial charge on any atom is 0.416 e. The third-order valence-electron chi connectivity index (χ3n) is 6.13. The van der Waals surface area contributed by atoms with Gasteiger partial charge in [0.2, 0.25) is 0 Å². The fourth-order valence-corrected chi connectivity index (χ4v) is 4.36. The van der Waals surface area contributed by atoms with Gasteiger partial charge in [-0.1, -0.05) is 48.5 Å². The first kappa shape index (κ1) is 23.3. The standard InChI is InChI=1S/C28H17F4NO3/c29-21-11-7-17(8-12-21)24-23(25(34)19-6-5-16-3-1-2-4-18(16)15-19)26(35)27(36)33(24)22-13-9-20(10-14-22)28(30,31)32/h1-15,24,34H/b25-23-. The van der Waals surface area contributed by atoms with Crippen LogP contribution in [0.15, 0.2) is 96.6 Å².